The second kappa shape index (κ2) is 6.10. The number of hydrogen-bond donors (Lipinski definition) is 0. The standard InChI is InChI=1S/C6H13NO4S/c1-6(8)11-5-3-4-7(2)12(9)10/h3-5H2,1-2H3,(H,9,10)/p-1. The molecule has 0 aromatic rings. The van der Waals surface area contributed by atoms with Gasteiger partial charge in [-0.05, 0) is 13.5 Å². The zero-order valence-corrected chi connectivity index (χ0v) is 7.93. The first-order valence-electron chi connectivity index (χ1n) is 3.48. The normalized spacial score (nSPS) is 13.0. The molecule has 1 unspecified atom stereocenters. The smallest absolute Gasteiger partial charge is 0.302 e. The Kier molecular flexibility index (Phi) is 5.87. The van der Waals surface area contributed by atoms with E-state index < -0.39 is 11.3 Å². The lowest BCUT2D eigenvalue weighted by atomic mass is 10.4. The Morgan fingerprint density at radius 2 is 2.25 bits per heavy atom. The van der Waals surface area contributed by atoms with Gasteiger partial charge in [0.25, 0.3) is 0 Å². The lowest BCUT2D eigenvalue weighted by Gasteiger charge is -2.18. The molecule has 0 amide bonds. The van der Waals surface area contributed by atoms with Gasteiger partial charge in [-0.1, -0.05) is 0 Å². The average molecular weight is 194 g/mol. The molecule has 0 aromatic carbocycles. The lowest BCUT2D eigenvalue weighted by Crippen LogP contribution is -2.23. The number of nitrogens with zero attached hydrogens (tertiary/aromatic N) is 1. The minimum absolute atomic E-state index is 0.261. The van der Waals surface area contributed by atoms with Crippen molar-refractivity contribution < 1.29 is 18.3 Å². The number of esters is 1. The molecule has 6 heteroatoms. The van der Waals surface area contributed by atoms with Gasteiger partial charge in [0.1, 0.15) is 0 Å². The van der Waals surface area contributed by atoms with Gasteiger partial charge in [-0.25, -0.2) is 4.31 Å². The SMILES string of the molecule is CC(=O)OCCCN(C)S(=O)[O-]. The summed E-state index contributed by atoms with van der Waals surface area (Å²) in [6, 6.07) is 0. The first kappa shape index (κ1) is 11.5. The highest BCUT2D eigenvalue weighted by atomic mass is 32.2. The van der Waals surface area contributed by atoms with Crippen molar-refractivity contribution >= 4 is 17.2 Å². The molecule has 0 aliphatic rings. The Balaban J connectivity index is 3.31. The third kappa shape index (κ3) is 6.26. The Hall–Kier alpha value is -0.460. The van der Waals surface area contributed by atoms with Crippen LogP contribution in [0.1, 0.15) is 13.3 Å². The molecule has 1 atom stereocenters. The molecule has 0 N–H and O–H groups in total. The minimum Gasteiger partial charge on any atom is -0.760 e. The summed E-state index contributed by atoms with van der Waals surface area (Å²) < 4.78 is 26.2. The molecular weight excluding hydrogens is 182 g/mol. The Morgan fingerprint density at radius 1 is 1.67 bits per heavy atom. The second-order valence-electron chi connectivity index (χ2n) is 2.26. The molecular formula is C6H12NO4S-. The largest absolute Gasteiger partial charge is 0.760 e. The molecule has 0 aromatic heterocycles. The van der Waals surface area contributed by atoms with E-state index in [-0.39, 0.29) is 12.6 Å². The fourth-order valence-electron chi connectivity index (χ4n) is 0.578. The highest BCUT2D eigenvalue weighted by Gasteiger charge is 1.97. The van der Waals surface area contributed by atoms with Crippen LogP contribution in [0.5, 0.6) is 0 Å². The van der Waals surface area contributed by atoms with Gasteiger partial charge in [-0.2, -0.15) is 0 Å². The van der Waals surface area contributed by atoms with Crippen molar-refractivity contribution in [1.29, 1.82) is 0 Å². The molecule has 0 radical (unpaired) electrons. The molecule has 0 saturated heterocycles. The first-order chi connectivity index (χ1) is 5.54. The number of ether oxygens (including phenoxy) is 1. The van der Waals surface area contributed by atoms with Crippen LogP contribution in [0.4, 0.5) is 0 Å². The van der Waals surface area contributed by atoms with Crippen molar-refractivity contribution in [3.05, 3.63) is 0 Å². The summed E-state index contributed by atoms with van der Waals surface area (Å²) in [5, 5.41) is 0. The van der Waals surface area contributed by atoms with E-state index in [2.05, 4.69) is 4.74 Å². The van der Waals surface area contributed by atoms with Gasteiger partial charge >= 0.3 is 5.97 Å². The van der Waals surface area contributed by atoms with E-state index in [4.69, 9.17) is 0 Å². The molecule has 0 rings (SSSR count). The van der Waals surface area contributed by atoms with Crippen LogP contribution < -0.4 is 0 Å². The number of carbonyl (C=O) groups excluding carboxylic acids is 1. The molecule has 0 fully saturated rings. The Morgan fingerprint density at radius 3 is 2.67 bits per heavy atom. The third-order valence-electron chi connectivity index (χ3n) is 1.18. The second-order valence-corrected chi connectivity index (χ2v) is 3.32. The van der Waals surface area contributed by atoms with Crippen LogP contribution in [0.2, 0.25) is 0 Å². The molecule has 12 heavy (non-hydrogen) atoms. The van der Waals surface area contributed by atoms with Crippen LogP contribution in [-0.2, 0) is 20.8 Å². The first-order valence-corrected chi connectivity index (χ1v) is 4.51. The summed E-state index contributed by atoms with van der Waals surface area (Å²) in [5.41, 5.74) is 0. The summed E-state index contributed by atoms with van der Waals surface area (Å²) in [5.74, 6) is -0.346. The van der Waals surface area contributed by atoms with Crippen LogP contribution in [0, 0.1) is 0 Å². The summed E-state index contributed by atoms with van der Waals surface area (Å²) in [4.78, 5) is 10.3. The molecule has 0 aliphatic carbocycles. The summed E-state index contributed by atoms with van der Waals surface area (Å²) in [7, 11) is 1.46. The Bertz CT molecular complexity index is 173. The topological polar surface area (TPSA) is 69.7 Å². The summed E-state index contributed by atoms with van der Waals surface area (Å²) in [6.07, 6.45) is 0.518. The third-order valence-corrected chi connectivity index (χ3v) is 1.87. The zero-order chi connectivity index (χ0) is 9.56. The summed E-state index contributed by atoms with van der Waals surface area (Å²) in [6.45, 7) is 1.94. The molecule has 0 spiro atoms. The molecule has 0 heterocycles. The van der Waals surface area contributed by atoms with Crippen LogP contribution >= 0.6 is 0 Å². The molecule has 0 saturated carbocycles. The maximum atomic E-state index is 10.3. The van der Waals surface area contributed by atoms with Gasteiger partial charge < -0.3 is 9.29 Å². The van der Waals surface area contributed by atoms with Crippen molar-refractivity contribution in [3.63, 3.8) is 0 Å². The predicted octanol–water partition coefficient (Wildman–Crippen LogP) is -0.334. The molecule has 5 nitrogen and oxygen atoms in total. The van der Waals surface area contributed by atoms with Gasteiger partial charge in [-0.15, -0.1) is 0 Å². The van der Waals surface area contributed by atoms with Gasteiger partial charge in [0.05, 0.1) is 6.61 Å². The molecule has 0 bridgehead atoms. The van der Waals surface area contributed by atoms with Crippen LogP contribution in [-0.4, -0.2) is 39.2 Å². The monoisotopic (exact) mass is 194 g/mol. The summed E-state index contributed by atoms with van der Waals surface area (Å²) >= 11 is -2.18. The highest BCUT2D eigenvalue weighted by Crippen LogP contribution is 1.90. The number of hydrogen-bond acceptors (Lipinski definition) is 4. The highest BCUT2D eigenvalue weighted by molar-refractivity contribution is 7.76. The Labute approximate surface area is 74.1 Å². The minimum atomic E-state index is -2.18. The van der Waals surface area contributed by atoms with E-state index in [1.165, 1.54) is 14.0 Å². The zero-order valence-electron chi connectivity index (χ0n) is 7.11. The van der Waals surface area contributed by atoms with Crippen LogP contribution in [0.15, 0.2) is 0 Å². The van der Waals surface area contributed by atoms with Crippen molar-refractivity contribution in [2.24, 2.45) is 0 Å². The van der Waals surface area contributed by atoms with E-state index in [9.17, 15) is 13.6 Å². The van der Waals surface area contributed by atoms with E-state index in [1.807, 2.05) is 0 Å². The molecule has 72 valence electrons. The van der Waals surface area contributed by atoms with E-state index >= 15 is 0 Å². The van der Waals surface area contributed by atoms with Crippen molar-refractivity contribution in [1.82, 2.24) is 4.31 Å². The fraction of sp³-hybridized carbons (Fsp3) is 0.833. The van der Waals surface area contributed by atoms with Crippen molar-refractivity contribution in [2.75, 3.05) is 20.2 Å². The maximum absolute atomic E-state index is 10.3. The van der Waals surface area contributed by atoms with Gasteiger partial charge in [-0.3, -0.25) is 9.00 Å². The average Bonchev–Trinajstić information content (AvgIpc) is 1.97. The van der Waals surface area contributed by atoms with Crippen LogP contribution in [0.25, 0.3) is 0 Å². The van der Waals surface area contributed by atoms with Crippen molar-refractivity contribution in [2.45, 2.75) is 13.3 Å². The van der Waals surface area contributed by atoms with Crippen LogP contribution in [0.3, 0.4) is 0 Å². The number of carbonyl (C=O) groups is 1. The quantitative estimate of drug-likeness (QED) is 0.341. The maximum Gasteiger partial charge on any atom is 0.302 e. The predicted molar refractivity (Wildman–Crippen MR) is 42.8 cm³/mol. The molecule has 0 aliphatic heterocycles. The van der Waals surface area contributed by atoms with Gasteiger partial charge in [0.15, 0.2) is 0 Å². The van der Waals surface area contributed by atoms with E-state index in [1.54, 1.807) is 0 Å². The fourth-order valence-corrected chi connectivity index (χ4v) is 0.856. The number of rotatable bonds is 5. The van der Waals surface area contributed by atoms with E-state index in [0.717, 1.165) is 4.31 Å². The van der Waals surface area contributed by atoms with Crippen molar-refractivity contribution in [3.8, 4) is 0 Å². The lowest BCUT2D eigenvalue weighted by molar-refractivity contribution is -0.141. The van der Waals surface area contributed by atoms with Gasteiger partial charge in [0.2, 0.25) is 0 Å². The van der Waals surface area contributed by atoms with Gasteiger partial charge in [0, 0.05) is 24.7 Å². The van der Waals surface area contributed by atoms with E-state index in [0.29, 0.717) is 13.0 Å².